The first-order chi connectivity index (χ1) is 23.0. The average Bonchev–Trinajstić information content (AvgIpc) is 3.53. The summed E-state index contributed by atoms with van der Waals surface area (Å²) in [5, 5.41) is 0. The summed E-state index contributed by atoms with van der Waals surface area (Å²) in [5.74, 6) is 1.00. The number of benzene rings is 5. The lowest BCUT2D eigenvalue weighted by Gasteiger charge is -2.36. The highest BCUT2D eigenvalue weighted by Crippen LogP contribution is 2.55. The molecule has 0 amide bonds. The van der Waals surface area contributed by atoms with Gasteiger partial charge < -0.3 is 9.47 Å². The molecule has 0 bridgehead atoms. The van der Waals surface area contributed by atoms with Crippen molar-refractivity contribution in [3.63, 3.8) is 0 Å². The van der Waals surface area contributed by atoms with E-state index in [1.165, 1.54) is 72.3 Å². The first kappa shape index (κ1) is 31.9. The maximum atomic E-state index is 7.14. The van der Waals surface area contributed by atoms with Crippen LogP contribution in [0.5, 0.6) is 5.75 Å². The molecule has 0 N–H and O–H groups in total. The molecule has 1 heterocycles. The quantitative estimate of drug-likeness (QED) is 0.125. The summed E-state index contributed by atoms with van der Waals surface area (Å²) in [6.07, 6.45) is 10.1. The van der Waals surface area contributed by atoms with Crippen LogP contribution in [-0.2, 0) is 22.4 Å². The predicted octanol–water partition coefficient (Wildman–Crippen LogP) is 12.0. The van der Waals surface area contributed by atoms with Crippen LogP contribution in [0.25, 0.3) is 27.8 Å². The molecule has 0 aromatic heterocycles. The maximum Gasteiger partial charge on any atom is 0.179 e. The number of hydrogen-bond acceptors (Lipinski definition) is 2. The molecule has 0 radical (unpaired) electrons. The summed E-state index contributed by atoms with van der Waals surface area (Å²) in [4.78, 5) is 0. The Hall–Kier alpha value is -4.66. The Bertz CT molecular complexity index is 1990. The van der Waals surface area contributed by atoms with Gasteiger partial charge in [0.1, 0.15) is 11.4 Å². The molecule has 0 unspecified atom stereocenters. The number of fused-ring (bicyclic) bond motifs is 9. The van der Waals surface area contributed by atoms with Gasteiger partial charge in [0, 0.05) is 34.9 Å². The fourth-order valence-electron chi connectivity index (χ4n) is 8.47. The van der Waals surface area contributed by atoms with Crippen LogP contribution >= 0.6 is 0 Å². The molecule has 0 fully saturated rings. The number of aryl methyl sites for hydroxylation is 2. The number of ether oxygens (including phenoxy) is 2. The van der Waals surface area contributed by atoms with Gasteiger partial charge in [-0.15, -0.1) is 0 Å². The van der Waals surface area contributed by atoms with Crippen molar-refractivity contribution in [1.82, 2.24) is 0 Å². The van der Waals surface area contributed by atoms with Crippen LogP contribution in [0.1, 0.15) is 85.9 Å². The monoisotopic (exact) mass is 630 g/mol. The van der Waals surface area contributed by atoms with E-state index in [0.29, 0.717) is 0 Å². The Morgan fingerprint density at radius 1 is 0.708 bits per heavy atom. The third-order valence-electron chi connectivity index (χ3n) is 10.7. The van der Waals surface area contributed by atoms with Gasteiger partial charge in [0.2, 0.25) is 0 Å². The molecule has 242 valence electrons. The minimum absolute atomic E-state index is 0. The predicted molar refractivity (Wildman–Crippen MR) is 200 cm³/mol. The molecule has 5 aromatic rings. The topological polar surface area (TPSA) is 18.5 Å². The van der Waals surface area contributed by atoms with Crippen LogP contribution in [0.15, 0.2) is 127 Å². The third kappa shape index (κ3) is 4.80. The van der Waals surface area contributed by atoms with E-state index in [4.69, 9.17) is 9.47 Å². The Balaban J connectivity index is 0.00000364. The van der Waals surface area contributed by atoms with Crippen LogP contribution in [-0.4, -0.2) is 7.11 Å². The number of allylic oxidation sites excluding steroid dienone is 2. The lowest BCUT2D eigenvalue weighted by molar-refractivity contribution is 0.0685. The molecule has 8 rings (SSSR count). The normalized spacial score (nSPS) is 15.8. The second kappa shape index (κ2) is 12.4. The molecule has 2 aliphatic carbocycles. The largest absolute Gasteiger partial charge is 0.473 e. The van der Waals surface area contributed by atoms with Crippen molar-refractivity contribution in [3.05, 3.63) is 166 Å². The third-order valence-corrected chi connectivity index (χ3v) is 10.7. The summed E-state index contributed by atoms with van der Waals surface area (Å²) in [6, 6.07) is 39.6. The second-order valence-electron chi connectivity index (χ2n) is 13.5. The van der Waals surface area contributed by atoms with E-state index < -0.39 is 11.2 Å². The minimum atomic E-state index is -0.611. The number of rotatable bonds is 8. The van der Waals surface area contributed by atoms with Crippen molar-refractivity contribution in [1.29, 1.82) is 0 Å². The standard InChI is InChI=1S/C45H42O2.CH4/c1-5-32-27-38-33(29-45(47-43(38)26-31(32)3)41-24-14-10-20-36(41)37-21-11-15-25-42(37)45)17-7-6-16-30(2)28-44(46-4)39-22-12-8-18-34(39)35-19-9-13-23-40(35)44;/h8-15,18-29H,5-7,16-17H2,1-4H3;1H4/b30-28+;. The molecule has 0 atom stereocenters. The zero-order valence-corrected chi connectivity index (χ0v) is 27.9. The van der Waals surface area contributed by atoms with E-state index in [-0.39, 0.29) is 7.43 Å². The maximum absolute atomic E-state index is 7.14. The fraction of sp³-hybridized carbons (Fsp3) is 0.261. The summed E-state index contributed by atoms with van der Waals surface area (Å²) in [7, 11) is 1.85. The molecule has 0 saturated carbocycles. The summed E-state index contributed by atoms with van der Waals surface area (Å²) in [6.45, 7) is 6.73. The number of unbranched alkanes of at least 4 members (excludes halogenated alkanes) is 1. The van der Waals surface area contributed by atoms with Gasteiger partial charge in [0.15, 0.2) is 5.60 Å². The fourth-order valence-corrected chi connectivity index (χ4v) is 8.47. The Labute approximate surface area is 286 Å². The van der Waals surface area contributed by atoms with Gasteiger partial charge in [-0.05, 0) is 109 Å². The zero-order valence-electron chi connectivity index (χ0n) is 27.9. The number of methoxy groups -OCH3 is 1. The van der Waals surface area contributed by atoms with Crippen molar-refractivity contribution in [2.75, 3.05) is 7.11 Å². The van der Waals surface area contributed by atoms with Crippen LogP contribution in [0.2, 0.25) is 0 Å². The van der Waals surface area contributed by atoms with Crippen molar-refractivity contribution in [3.8, 4) is 28.0 Å². The van der Waals surface area contributed by atoms with Crippen molar-refractivity contribution in [2.24, 2.45) is 0 Å². The van der Waals surface area contributed by atoms with Crippen molar-refractivity contribution >= 4 is 5.57 Å². The highest BCUT2D eigenvalue weighted by atomic mass is 16.5. The highest BCUT2D eigenvalue weighted by molar-refractivity contribution is 5.86. The van der Waals surface area contributed by atoms with Gasteiger partial charge in [-0.3, -0.25) is 0 Å². The Morgan fingerprint density at radius 3 is 1.77 bits per heavy atom. The van der Waals surface area contributed by atoms with Crippen LogP contribution < -0.4 is 4.74 Å². The van der Waals surface area contributed by atoms with E-state index >= 15 is 0 Å². The van der Waals surface area contributed by atoms with Gasteiger partial charge in [-0.1, -0.05) is 117 Å². The van der Waals surface area contributed by atoms with Crippen LogP contribution in [0, 0.1) is 6.92 Å². The molecular weight excluding hydrogens is 585 g/mol. The van der Waals surface area contributed by atoms with E-state index in [2.05, 4.69) is 142 Å². The van der Waals surface area contributed by atoms with Gasteiger partial charge in [-0.2, -0.15) is 0 Å². The minimum Gasteiger partial charge on any atom is -0.473 e. The van der Waals surface area contributed by atoms with E-state index in [1.807, 2.05) is 7.11 Å². The lowest BCUT2D eigenvalue weighted by atomic mass is 9.82. The molecule has 2 heteroatoms. The lowest BCUT2D eigenvalue weighted by Crippen LogP contribution is -2.33. The van der Waals surface area contributed by atoms with Crippen molar-refractivity contribution in [2.45, 2.75) is 71.5 Å². The molecule has 48 heavy (non-hydrogen) atoms. The summed E-state index contributed by atoms with van der Waals surface area (Å²) >= 11 is 0. The van der Waals surface area contributed by atoms with Gasteiger partial charge in [-0.25, -0.2) is 0 Å². The molecule has 2 nitrogen and oxygen atoms in total. The molecular formula is C46H46O2. The van der Waals surface area contributed by atoms with Gasteiger partial charge in [0.25, 0.3) is 0 Å². The van der Waals surface area contributed by atoms with Gasteiger partial charge in [0.05, 0.1) is 0 Å². The molecule has 1 spiro atoms. The second-order valence-corrected chi connectivity index (χ2v) is 13.5. The number of hydrogen-bond donors (Lipinski definition) is 0. The first-order valence-electron chi connectivity index (χ1n) is 17.2. The smallest absolute Gasteiger partial charge is 0.179 e. The van der Waals surface area contributed by atoms with Crippen LogP contribution in [0.3, 0.4) is 0 Å². The Morgan fingerprint density at radius 2 is 1.23 bits per heavy atom. The first-order valence-corrected chi connectivity index (χ1v) is 17.2. The van der Waals surface area contributed by atoms with Crippen molar-refractivity contribution < 1.29 is 9.47 Å². The highest BCUT2D eigenvalue weighted by Gasteiger charge is 2.46. The summed E-state index contributed by atoms with van der Waals surface area (Å²) < 4.78 is 13.6. The average molecular weight is 631 g/mol. The molecule has 1 aliphatic heterocycles. The zero-order chi connectivity index (χ0) is 32.2. The molecule has 3 aliphatic rings. The van der Waals surface area contributed by atoms with Crippen LogP contribution in [0.4, 0.5) is 0 Å². The van der Waals surface area contributed by atoms with E-state index in [9.17, 15) is 0 Å². The van der Waals surface area contributed by atoms with Gasteiger partial charge >= 0.3 is 0 Å². The van der Waals surface area contributed by atoms with E-state index in [0.717, 1.165) is 37.9 Å². The summed E-state index contributed by atoms with van der Waals surface area (Å²) in [5.41, 5.74) is 15.5. The van der Waals surface area contributed by atoms with E-state index in [1.54, 1.807) is 0 Å². The SMILES string of the molecule is C.CCc1cc2c(cc1C)OC1(C=C2CCCC/C(C)=C/C2(OC)c3ccccc3-c3ccccc32)c2ccccc2-c2ccccc21. The molecule has 5 aromatic carbocycles. The molecule has 0 saturated heterocycles. The Kier molecular flexibility index (Phi) is 8.26.